The normalized spacial score (nSPS) is 8.29. The van der Waals surface area contributed by atoms with Crippen molar-refractivity contribution in [1.29, 1.82) is 0 Å². The molecule has 0 rings (SSSR count). The molecule has 0 aliphatic rings. The summed E-state index contributed by atoms with van der Waals surface area (Å²) < 4.78 is 8.91. The van der Waals surface area contributed by atoms with Gasteiger partial charge in [-0.05, 0) is 0 Å². The van der Waals surface area contributed by atoms with E-state index in [0.29, 0.717) is 0 Å². The monoisotopic (exact) mass is 235 g/mol. The van der Waals surface area contributed by atoms with Crippen molar-refractivity contribution in [2.24, 2.45) is 0 Å². The van der Waals surface area contributed by atoms with E-state index in [0.717, 1.165) is 0 Å². The van der Waals surface area contributed by atoms with E-state index in [4.69, 9.17) is 10.2 Å². The molecule has 0 radical (unpaired) electrons. The summed E-state index contributed by atoms with van der Waals surface area (Å²) in [7, 11) is 0. The molecule has 5 heteroatoms. The van der Waals surface area contributed by atoms with Gasteiger partial charge in [0, 0.05) is 0 Å². The molecule has 0 fully saturated rings. The number of hydrogen-bond donors (Lipinski definition) is 2. The van der Waals surface area contributed by atoms with Crippen LogP contribution in [0.1, 0.15) is 0 Å². The van der Waals surface area contributed by atoms with E-state index in [2.05, 4.69) is 2.02 Å². The SMILES string of the molecule is OC[O][Pr][O]CO. The third-order valence-corrected chi connectivity index (χ3v) is 2.11. The van der Waals surface area contributed by atoms with Crippen molar-refractivity contribution in [1.82, 2.24) is 0 Å². The number of rotatable bonds is 4. The molecule has 0 bridgehead atoms. The second-order valence-corrected chi connectivity index (χ2v) is 3.44. The van der Waals surface area contributed by atoms with Gasteiger partial charge < -0.3 is 0 Å². The van der Waals surface area contributed by atoms with E-state index >= 15 is 0 Å². The first-order valence-electron chi connectivity index (χ1n) is 1.68. The first-order chi connectivity index (χ1) is 3.41. The molecule has 41 valence electrons. The zero-order chi connectivity index (χ0) is 5.54. The van der Waals surface area contributed by atoms with E-state index in [1.807, 2.05) is 0 Å². The fraction of sp³-hybridized carbons (Fsp3) is 1.00. The van der Waals surface area contributed by atoms with Crippen LogP contribution in [-0.2, 0) is 2.02 Å². The topological polar surface area (TPSA) is 58.9 Å². The zero-order valence-electron chi connectivity index (χ0n) is 3.70. The Hall–Kier alpha value is 1.20. The van der Waals surface area contributed by atoms with Crippen LogP contribution in [-0.4, -0.2) is 23.8 Å². The molecule has 7 heavy (non-hydrogen) atoms. The van der Waals surface area contributed by atoms with Crippen LogP contribution >= 0.6 is 0 Å². The predicted molar refractivity (Wildman–Crippen MR) is 16.3 cm³/mol. The molecule has 2 N–H and O–H groups in total. The van der Waals surface area contributed by atoms with Crippen LogP contribution in [0.15, 0.2) is 0 Å². The number of aliphatic hydroxyl groups is 2. The predicted octanol–water partition coefficient (Wildman–Crippen LogP) is -1.17. The van der Waals surface area contributed by atoms with Gasteiger partial charge in [0.15, 0.2) is 0 Å². The van der Waals surface area contributed by atoms with Crippen LogP contribution in [0.5, 0.6) is 0 Å². The van der Waals surface area contributed by atoms with Crippen molar-refractivity contribution < 1.29 is 50.5 Å². The van der Waals surface area contributed by atoms with Crippen molar-refractivity contribution in [2.45, 2.75) is 0 Å². The van der Waals surface area contributed by atoms with Gasteiger partial charge in [-0.3, -0.25) is 0 Å². The molecule has 0 spiro atoms. The molecule has 0 aliphatic heterocycles. The fourth-order valence-electron chi connectivity index (χ4n) is 0.109. The molecule has 4 nitrogen and oxygen atoms in total. The molecule has 0 heterocycles. The molecule has 0 aromatic heterocycles. The second-order valence-electron chi connectivity index (χ2n) is 0.688. The van der Waals surface area contributed by atoms with Crippen molar-refractivity contribution in [3.05, 3.63) is 0 Å². The Morgan fingerprint density at radius 1 is 1.14 bits per heavy atom. The number of hydrogen-bond acceptors (Lipinski definition) is 4. The van der Waals surface area contributed by atoms with Crippen LogP contribution in [0.25, 0.3) is 0 Å². The van der Waals surface area contributed by atoms with Gasteiger partial charge in [-0.1, -0.05) is 0 Å². The van der Waals surface area contributed by atoms with Crippen LogP contribution in [0.2, 0.25) is 0 Å². The summed E-state index contributed by atoms with van der Waals surface area (Å²) in [5, 5.41) is 15.9. The van der Waals surface area contributed by atoms with E-state index in [9.17, 15) is 0 Å². The average Bonchev–Trinajstić information content (AvgIpc) is 1.69. The minimum absolute atomic E-state index is 0.282. The third-order valence-electron chi connectivity index (χ3n) is 0.285. The van der Waals surface area contributed by atoms with E-state index in [-0.39, 0.29) is 13.6 Å². The molecular formula is C2H6O4Pr. The van der Waals surface area contributed by atoms with Crippen LogP contribution in [0, 0.1) is 38.3 Å². The van der Waals surface area contributed by atoms with Crippen molar-refractivity contribution in [3.63, 3.8) is 0 Å². The first-order valence-corrected chi connectivity index (χ1v) is 4.71. The molecule has 0 unspecified atom stereocenters. The van der Waals surface area contributed by atoms with Gasteiger partial charge >= 0.3 is 64.1 Å². The van der Waals surface area contributed by atoms with Gasteiger partial charge in [-0.25, -0.2) is 0 Å². The summed E-state index contributed by atoms with van der Waals surface area (Å²) in [6, 6.07) is 0. The maximum absolute atomic E-state index is 7.96. The van der Waals surface area contributed by atoms with Gasteiger partial charge in [0.1, 0.15) is 0 Å². The van der Waals surface area contributed by atoms with Gasteiger partial charge in [-0.2, -0.15) is 0 Å². The van der Waals surface area contributed by atoms with Crippen LogP contribution in [0.4, 0.5) is 0 Å². The van der Waals surface area contributed by atoms with Gasteiger partial charge in [0.25, 0.3) is 0 Å². The molecule has 0 aliphatic carbocycles. The molecule has 0 atom stereocenters. The quantitative estimate of drug-likeness (QED) is 0.476. The standard InChI is InChI=1S/2CH3O2.Pr/c2*2-1-3;/h2*2H,1H2;/q2*-1;+2. The van der Waals surface area contributed by atoms with Crippen molar-refractivity contribution in [2.75, 3.05) is 13.6 Å². The van der Waals surface area contributed by atoms with E-state index in [1.165, 1.54) is 0 Å². The van der Waals surface area contributed by atoms with Gasteiger partial charge in [0.2, 0.25) is 0 Å². The average molecular weight is 235 g/mol. The maximum atomic E-state index is 7.96. The van der Waals surface area contributed by atoms with Crippen LogP contribution in [0.3, 0.4) is 0 Å². The zero-order valence-corrected chi connectivity index (χ0v) is 7.41. The molecule has 0 saturated carbocycles. The Bertz CT molecular complexity index is 28.9. The fourth-order valence-corrected chi connectivity index (χ4v) is 0.808. The van der Waals surface area contributed by atoms with E-state index in [1.54, 1.807) is 0 Å². The molecular weight excluding hydrogens is 229 g/mol. The summed E-state index contributed by atoms with van der Waals surface area (Å²) in [6.45, 7) is -0.565. The summed E-state index contributed by atoms with van der Waals surface area (Å²) in [4.78, 5) is 0. The van der Waals surface area contributed by atoms with Crippen LogP contribution < -0.4 is 0 Å². The first kappa shape index (κ1) is 8.20. The van der Waals surface area contributed by atoms with Gasteiger partial charge in [0.05, 0.1) is 0 Å². The molecule has 0 aromatic rings. The summed E-state index contributed by atoms with van der Waals surface area (Å²) in [6.07, 6.45) is 0. The summed E-state index contributed by atoms with van der Waals surface area (Å²) >= 11 is -1.60. The molecule has 0 aromatic carbocycles. The Balaban J connectivity index is 2.45. The Morgan fingerprint density at radius 2 is 1.57 bits per heavy atom. The third kappa shape index (κ3) is 7.20. The second kappa shape index (κ2) is 7.20. The van der Waals surface area contributed by atoms with Crippen molar-refractivity contribution in [3.8, 4) is 0 Å². The Morgan fingerprint density at radius 3 is 1.86 bits per heavy atom. The number of aliphatic hydroxyl groups excluding tert-OH is 2. The van der Waals surface area contributed by atoms with Crippen molar-refractivity contribution >= 4 is 0 Å². The van der Waals surface area contributed by atoms with Gasteiger partial charge in [-0.15, -0.1) is 0 Å². The Labute approximate surface area is 63.6 Å². The van der Waals surface area contributed by atoms with E-state index < -0.39 is 38.3 Å². The molecule has 0 saturated heterocycles. The Kier molecular flexibility index (Phi) is 8.44. The minimum atomic E-state index is -1.60. The summed E-state index contributed by atoms with van der Waals surface area (Å²) in [5.41, 5.74) is 0. The summed E-state index contributed by atoms with van der Waals surface area (Å²) in [5.74, 6) is 0. The molecule has 0 amide bonds.